The van der Waals surface area contributed by atoms with Gasteiger partial charge in [-0.3, -0.25) is 4.79 Å². The molecule has 1 heterocycles. The van der Waals surface area contributed by atoms with Crippen LogP contribution in [0.3, 0.4) is 0 Å². The van der Waals surface area contributed by atoms with E-state index in [9.17, 15) is 4.79 Å². The standard InChI is InChI=1S/C17H16ClNOS/c18-11-12-5-7-13(8-6-12)17(20)19-15-9-10-21-16-4-2-1-3-14(15)16/h1-8,15H,9-11H2,(H,19,20). The largest absolute Gasteiger partial charge is 0.345 e. The fourth-order valence-electron chi connectivity index (χ4n) is 2.48. The van der Waals surface area contributed by atoms with Crippen LogP contribution in [-0.4, -0.2) is 11.7 Å². The predicted molar refractivity (Wildman–Crippen MR) is 88.0 cm³/mol. The van der Waals surface area contributed by atoms with Gasteiger partial charge in [-0.05, 0) is 35.7 Å². The lowest BCUT2D eigenvalue weighted by atomic mass is 10.0. The third kappa shape index (κ3) is 3.25. The van der Waals surface area contributed by atoms with E-state index in [1.54, 1.807) is 0 Å². The van der Waals surface area contributed by atoms with Crippen LogP contribution in [0.2, 0.25) is 0 Å². The van der Waals surface area contributed by atoms with E-state index in [4.69, 9.17) is 11.6 Å². The summed E-state index contributed by atoms with van der Waals surface area (Å²) in [6, 6.07) is 15.8. The number of halogens is 1. The number of hydrogen-bond acceptors (Lipinski definition) is 2. The van der Waals surface area contributed by atoms with Crippen LogP contribution in [0.5, 0.6) is 0 Å². The van der Waals surface area contributed by atoms with E-state index in [0.717, 1.165) is 17.7 Å². The molecule has 0 fully saturated rings. The molecule has 108 valence electrons. The molecule has 0 bridgehead atoms. The van der Waals surface area contributed by atoms with Gasteiger partial charge in [0.1, 0.15) is 0 Å². The van der Waals surface area contributed by atoms with Crippen molar-refractivity contribution in [1.82, 2.24) is 5.32 Å². The molecule has 2 nitrogen and oxygen atoms in total. The molecule has 1 aliphatic heterocycles. The van der Waals surface area contributed by atoms with Gasteiger partial charge in [-0.1, -0.05) is 30.3 Å². The van der Waals surface area contributed by atoms with Crippen LogP contribution in [0.1, 0.15) is 33.9 Å². The zero-order valence-corrected chi connectivity index (χ0v) is 13.1. The molecular formula is C17H16ClNOS. The summed E-state index contributed by atoms with van der Waals surface area (Å²) >= 11 is 7.62. The molecular weight excluding hydrogens is 302 g/mol. The fraction of sp³-hybridized carbons (Fsp3) is 0.235. The molecule has 0 saturated heterocycles. The summed E-state index contributed by atoms with van der Waals surface area (Å²) in [7, 11) is 0. The molecule has 1 unspecified atom stereocenters. The van der Waals surface area contributed by atoms with Crippen LogP contribution in [0.15, 0.2) is 53.4 Å². The van der Waals surface area contributed by atoms with Gasteiger partial charge in [0.2, 0.25) is 0 Å². The maximum atomic E-state index is 12.4. The lowest BCUT2D eigenvalue weighted by Gasteiger charge is -2.25. The Morgan fingerprint density at radius 3 is 2.71 bits per heavy atom. The van der Waals surface area contributed by atoms with Gasteiger partial charge < -0.3 is 5.32 Å². The molecule has 1 amide bonds. The number of rotatable bonds is 3. The molecule has 2 aromatic rings. The number of carbonyl (C=O) groups is 1. The van der Waals surface area contributed by atoms with Crippen molar-refractivity contribution in [3.05, 3.63) is 65.2 Å². The number of nitrogens with one attached hydrogen (secondary N) is 1. The molecule has 1 atom stereocenters. The van der Waals surface area contributed by atoms with E-state index in [0.29, 0.717) is 11.4 Å². The van der Waals surface area contributed by atoms with Crippen LogP contribution in [0, 0.1) is 0 Å². The van der Waals surface area contributed by atoms with Crippen molar-refractivity contribution in [2.75, 3.05) is 5.75 Å². The molecule has 1 N–H and O–H groups in total. The van der Waals surface area contributed by atoms with Gasteiger partial charge >= 0.3 is 0 Å². The zero-order chi connectivity index (χ0) is 14.7. The molecule has 4 heteroatoms. The molecule has 3 rings (SSSR count). The molecule has 1 aliphatic rings. The normalized spacial score (nSPS) is 17.1. The van der Waals surface area contributed by atoms with Gasteiger partial charge in [0.15, 0.2) is 0 Å². The Balaban J connectivity index is 1.76. The third-order valence-electron chi connectivity index (χ3n) is 3.63. The number of alkyl halides is 1. The molecule has 0 spiro atoms. The zero-order valence-electron chi connectivity index (χ0n) is 11.5. The minimum absolute atomic E-state index is 0.0252. The van der Waals surface area contributed by atoms with Crippen molar-refractivity contribution in [3.8, 4) is 0 Å². The van der Waals surface area contributed by atoms with Crippen LogP contribution >= 0.6 is 23.4 Å². The summed E-state index contributed by atoms with van der Waals surface area (Å²) in [5.74, 6) is 1.48. The maximum absolute atomic E-state index is 12.4. The van der Waals surface area contributed by atoms with Crippen LogP contribution in [0.4, 0.5) is 0 Å². The number of hydrogen-bond donors (Lipinski definition) is 1. The Morgan fingerprint density at radius 1 is 1.19 bits per heavy atom. The average molecular weight is 318 g/mol. The number of benzene rings is 2. The third-order valence-corrected chi connectivity index (χ3v) is 5.07. The number of fused-ring (bicyclic) bond motifs is 1. The molecule has 2 aromatic carbocycles. The number of carbonyl (C=O) groups excluding carboxylic acids is 1. The van der Waals surface area contributed by atoms with Crippen molar-refractivity contribution < 1.29 is 4.79 Å². The summed E-state index contributed by atoms with van der Waals surface area (Å²) in [4.78, 5) is 13.6. The molecule has 0 aliphatic carbocycles. The number of amides is 1. The van der Waals surface area contributed by atoms with Crippen molar-refractivity contribution in [3.63, 3.8) is 0 Å². The molecule has 0 aromatic heterocycles. The highest BCUT2D eigenvalue weighted by atomic mass is 35.5. The van der Waals surface area contributed by atoms with E-state index in [2.05, 4.69) is 17.4 Å². The highest BCUT2D eigenvalue weighted by Crippen LogP contribution is 2.35. The van der Waals surface area contributed by atoms with Crippen molar-refractivity contribution in [2.24, 2.45) is 0 Å². The van der Waals surface area contributed by atoms with E-state index in [1.807, 2.05) is 48.2 Å². The minimum Gasteiger partial charge on any atom is -0.345 e. The minimum atomic E-state index is -0.0252. The second-order valence-electron chi connectivity index (χ2n) is 5.03. The van der Waals surface area contributed by atoms with Crippen molar-refractivity contribution in [2.45, 2.75) is 23.2 Å². The Bertz CT molecular complexity index is 641. The summed E-state index contributed by atoms with van der Waals surface area (Å²) < 4.78 is 0. The average Bonchev–Trinajstić information content (AvgIpc) is 2.55. The van der Waals surface area contributed by atoms with Gasteiger partial charge in [-0.25, -0.2) is 0 Å². The van der Waals surface area contributed by atoms with Gasteiger partial charge in [-0.15, -0.1) is 23.4 Å². The summed E-state index contributed by atoms with van der Waals surface area (Å²) in [6.07, 6.45) is 0.965. The molecule has 0 radical (unpaired) electrons. The monoisotopic (exact) mass is 317 g/mol. The van der Waals surface area contributed by atoms with Crippen molar-refractivity contribution >= 4 is 29.3 Å². The van der Waals surface area contributed by atoms with E-state index in [-0.39, 0.29) is 11.9 Å². The van der Waals surface area contributed by atoms with Gasteiger partial charge in [0, 0.05) is 22.1 Å². The first-order valence-corrected chi connectivity index (χ1v) is 8.47. The Kier molecular flexibility index (Phi) is 4.51. The second kappa shape index (κ2) is 6.54. The first-order chi connectivity index (χ1) is 10.3. The Labute approximate surface area is 133 Å². The summed E-state index contributed by atoms with van der Waals surface area (Å²) in [5.41, 5.74) is 2.92. The second-order valence-corrected chi connectivity index (χ2v) is 6.44. The van der Waals surface area contributed by atoms with Gasteiger partial charge in [0.25, 0.3) is 5.91 Å². The lowest BCUT2D eigenvalue weighted by Crippen LogP contribution is -2.30. The highest BCUT2D eigenvalue weighted by molar-refractivity contribution is 7.99. The van der Waals surface area contributed by atoms with Gasteiger partial charge in [-0.2, -0.15) is 0 Å². The number of thioether (sulfide) groups is 1. The van der Waals surface area contributed by atoms with Crippen molar-refractivity contribution in [1.29, 1.82) is 0 Å². The fourth-order valence-corrected chi connectivity index (χ4v) is 3.78. The quantitative estimate of drug-likeness (QED) is 0.850. The van der Waals surface area contributed by atoms with E-state index < -0.39 is 0 Å². The summed E-state index contributed by atoms with van der Waals surface area (Å²) in [5, 5.41) is 3.14. The first kappa shape index (κ1) is 14.5. The first-order valence-electron chi connectivity index (χ1n) is 6.95. The molecule has 0 saturated carbocycles. The highest BCUT2D eigenvalue weighted by Gasteiger charge is 2.22. The van der Waals surface area contributed by atoms with E-state index >= 15 is 0 Å². The predicted octanol–water partition coefficient (Wildman–Crippen LogP) is 4.39. The van der Waals surface area contributed by atoms with Crippen LogP contribution in [0.25, 0.3) is 0 Å². The van der Waals surface area contributed by atoms with Crippen LogP contribution in [-0.2, 0) is 5.88 Å². The van der Waals surface area contributed by atoms with E-state index in [1.165, 1.54) is 10.5 Å². The topological polar surface area (TPSA) is 29.1 Å². The lowest BCUT2D eigenvalue weighted by molar-refractivity contribution is 0.0935. The smallest absolute Gasteiger partial charge is 0.251 e. The summed E-state index contributed by atoms with van der Waals surface area (Å²) in [6.45, 7) is 0. The Hall–Kier alpha value is -1.45. The maximum Gasteiger partial charge on any atom is 0.251 e. The van der Waals surface area contributed by atoms with Crippen LogP contribution < -0.4 is 5.32 Å². The Morgan fingerprint density at radius 2 is 1.95 bits per heavy atom. The van der Waals surface area contributed by atoms with Gasteiger partial charge in [0.05, 0.1) is 6.04 Å². The SMILES string of the molecule is O=C(NC1CCSc2ccccc21)c1ccc(CCl)cc1. The molecule has 21 heavy (non-hydrogen) atoms.